The van der Waals surface area contributed by atoms with E-state index in [0.29, 0.717) is 11.1 Å². The highest BCUT2D eigenvalue weighted by Gasteiger charge is 2.32. The minimum absolute atomic E-state index is 0.0315. The lowest BCUT2D eigenvalue weighted by molar-refractivity contribution is 0.0908. The minimum atomic E-state index is 0.0315. The molecule has 20 heavy (non-hydrogen) atoms. The van der Waals surface area contributed by atoms with Crippen LogP contribution in [0.15, 0.2) is 18.2 Å². The third-order valence-electron chi connectivity index (χ3n) is 4.36. The summed E-state index contributed by atoms with van der Waals surface area (Å²) in [6.45, 7) is 4.17. The molecule has 4 heteroatoms. The van der Waals surface area contributed by atoms with Crippen LogP contribution in [-0.2, 0) is 0 Å². The van der Waals surface area contributed by atoms with Crippen LogP contribution in [0.2, 0.25) is 5.02 Å². The van der Waals surface area contributed by atoms with Crippen molar-refractivity contribution in [3.05, 3.63) is 34.3 Å². The molecule has 0 unspecified atom stereocenters. The van der Waals surface area contributed by atoms with Crippen molar-refractivity contribution in [3.63, 3.8) is 0 Å². The van der Waals surface area contributed by atoms with Crippen LogP contribution in [0.1, 0.15) is 41.6 Å². The summed E-state index contributed by atoms with van der Waals surface area (Å²) in [7, 11) is 0. The Morgan fingerprint density at radius 3 is 2.55 bits per heavy atom. The van der Waals surface area contributed by atoms with Crippen LogP contribution in [0.4, 0.5) is 0 Å². The van der Waals surface area contributed by atoms with Gasteiger partial charge in [0, 0.05) is 35.8 Å². The number of benzene rings is 1. The molecule has 1 N–H and O–H groups in total. The molecule has 1 aromatic carbocycles. The van der Waals surface area contributed by atoms with E-state index in [9.17, 15) is 4.79 Å². The number of halogens is 1. The van der Waals surface area contributed by atoms with Gasteiger partial charge in [-0.15, -0.1) is 0 Å². The normalized spacial score (nSPS) is 20.9. The van der Waals surface area contributed by atoms with Crippen molar-refractivity contribution in [1.29, 1.82) is 0 Å². The standard InChI is InChI=1S/C16H21ClN2O/c1-11-10-12(17)2-5-15(11)16(20)18-13-6-8-19(9-7-13)14-3-4-14/h2,5,10,13-14H,3-4,6-9H2,1H3,(H,18,20). The minimum Gasteiger partial charge on any atom is -0.349 e. The maximum absolute atomic E-state index is 12.3. The van der Waals surface area contributed by atoms with Crippen molar-refractivity contribution in [1.82, 2.24) is 10.2 Å². The number of likely N-dealkylation sites (tertiary alicyclic amines) is 1. The van der Waals surface area contributed by atoms with Crippen LogP contribution in [0, 0.1) is 6.92 Å². The maximum Gasteiger partial charge on any atom is 0.251 e. The molecule has 1 saturated heterocycles. The quantitative estimate of drug-likeness (QED) is 0.929. The zero-order valence-corrected chi connectivity index (χ0v) is 12.6. The van der Waals surface area contributed by atoms with Gasteiger partial charge in [-0.05, 0) is 56.4 Å². The van der Waals surface area contributed by atoms with Crippen molar-refractivity contribution in [2.24, 2.45) is 0 Å². The fourth-order valence-corrected chi connectivity index (χ4v) is 3.22. The Balaban J connectivity index is 1.56. The summed E-state index contributed by atoms with van der Waals surface area (Å²) in [5.74, 6) is 0.0315. The lowest BCUT2D eigenvalue weighted by atomic mass is 10.0. The molecule has 0 bridgehead atoms. The lowest BCUT2D eigenvalue weighted by Crippen LogP contribution is -2.45. The SMILES string of the molecule is Cc1cc(Cl)ccc1C(=O)NC1CCN(C2CC2)CC1. The number of nitrogens with zero attached hydrogens (tertiary/aromatic N) is 1. The van der Waals surface area contributed by atoms with Gasteiger partial charge in [0.15, 0.2) is 0 Å². The average Bonchev–Trinajstić information content (AvgIpc) is 3.23. The highest BCUT2D eigenvalue weighted by molar-refractivity contribution is 6.30. The van der Waals surface area contributed by atoms with Crippen molar-refractivity contribution in [2.45, 2.75) is 44.7 Å². The second kappa shape index (κ2) is 5.74. The number of rotatable bonds is 3. The van der Waals surface area contributed by atoms with E-state index in [4.69, 9.17) is 11.6 Å². The maximum atomic E-state index is 12.3. The van der Waals surface area contributed by atoms with Gasteiger partial charge in [-0.1, -0.05) is 11.6 Å². The molecule has 0 aromatic heterocycles. The molecule has 108 valence electrons. The summed E-state index contributed by atoms with van der Waals surface area (Å²) in [5.41, 5.74) is 1.67. The summed E-state index contributed by atoms with van der Waals surface area (Å²) in [5, 5.41) is 3.84. The van der Waals surface area contributed by atoms with E-state index in [1.165, 1.54) is 12.8 Å². The zero-order chi connectivity index (χ0) is 14.1. The first kappa shape index (κ1) is 13.9. The molecule has 3 nitrogen and oxygen atoms in total. The zero-order valence-electron chi connectivity index (χ0n) is 11.9. The Bertz CT molecular complexity index is 505. The van der Waals surface area contributed by atoms with Gasteiger partial charge >= 0.3 is 0 Å². The third kappa shape index (κ3) is 3.15. The number of piperidine rings is 1. The van der Waals surface area contributed by atoms with Crippen LogP contribution in [0.25, 0.3) is 0 Å². The highest BCUT2D eigenvalue weighted by atomic mass is 35.5. The van der Waals surface area contributed by atoms with E-state index in [1.54, 1.807) is 6.07 Å². The van der Waals surface area contributed by atoms with Gasteiger partial charge in [-0.25, -0.2) is 0 Å². The molecule has 0 spiro atoms. The molecular formula is C16H21ClN2O. The number of carbonyl (C=O) groups excluding carboxylic acids is 1. The molecule has 2 fully saturated rings. The smallest absolute Gasteiger partial charge is 0.251 e. The van der Waals surface area contributed by atoms with Gasteiger partial charge in [-0.2, -0.15) is 0 Å². The van der Waals surface area contributed by atoms with Crippen molar-refractivity contribution >= 4 is 17.5 Å². The van der Waals surface area contributed by atoms with E-state index in [-0.39, 0.29) is 5.91 Å². The van der Waals surface area contributed by atoms with Gasteiger partial charge in [0.1, 0.15) is 0 Å². The number of hydrogen-bond donors (Lipinski definition) is 1. The van der Waals surface area contributed by atoms with Crippen molar-refractivity contribution in [2.75, 3.05) is 13.1 Å². The molecule has 1 aromatic rings. The Morgan fingerprint density at radius 2 is 1.95 bits per heavy atom. The van der Waals surface area contributed by atoms with E-state index < -0.39 is 0 Å². The van der Waals surface area contributed by atoms with Crippen LogP contribution < -0.4 is 5.32 Å². The summed E-state index contributed by atoms with van der Waals surface area (Å²) < 4.78 is 0. The van der Waals surface area contributed by atoms with Gasteiger partial charge < -0.3 is 10.2 Å². The van der Waals surface area contributed by atoms with Gasteiger partial charge in [0.05, 0.1) is 0 Å². The number of amides is 1. The number of aryl methyl sites for hydroxylation is 1. The monoisotopic (exact) mass is 292 g/mol. The average molecular weight is 293 g/mol. The highest BCUT2D eigenvalue weighted by Crippen LogP contribution is 2.29. The summed E-state index contributed by atoms with van der Waals surface area (Å²) in [4.78, 5) is 14.9. The van der Waals surface area contributed by atoms with Crippen molar-refractivity contribution < 1.29 is 4.79 Å². The molecule has 1 aliphatic carbocycles. The molecule has 2 aliphatic rings. The molecule has 1 saturated carbocycles. The van der Waals surface area contributed by atoms with E-state index in [0.717, 1.165) is 43.1 Å². The van der Waals surface area contributed by atoms with Gasteiger partial charge in [-0.3, -0.25) is 4.79 Å². The molecular weight excluding hydrogens is 272 g/mol. The second-order valence-corrected chi connectivity index (χ2v) is 6.41. The predicted molar refractivity (Wildman–Crippen MR) is 81.3 cm³/mol. The summed E-state index contributed by atoms with van der Waals surface area (Å²) in [6.07, 6.45) is 4.85. The van der Waals surface area contributed by atoms with Crippen molar-refractivity contribution in [3.8, 4) is 0 Å². The molecule has 1 amide bonds. The predicted octanol–water partition coefficient (Wildman–Crippen LogP) is 3.01. The van der Waals surface area contributed by atoms with E-state index in [1.807, 2.05) is 19.1 Å². The fraction of sp³-hybridized carbons (Fsp3) is 0.562. The lowest BCUT2D eigenvalue weighted by Gasteiger charge is -2.32. The summed E-state index contributed by atoms with van der Waals surface area (Å²) in [6, 6.07) is 6.58. The number of nitrogens with one attached hydrogen (secondary N) is 1. The Kier molecular flexibility index (Phi) is 3.99. The van der Waals surface area contributed by atoms with Gasteiger partial charge in [0.2, 0.25) is 0 Å². The third-order valence-corrected chi connectivity index (χ3v) is 4.60. The Hall–Kier alpha value is -1.06. The molecule has 1 heterocycles. The van der Waals surface area contributed by atoms with Crippen LogP contribution in [-0.4, -0.2) is 36.0 Å². The van der Waals surface area contributed by atoms with E-state index >= 15 is 0 Å². The van der Waals surface area contributed by atoms with Crippen LogP contribution >= 0.6 is 11.6 Å². The molecule has 0 radical (unpaired) electrons. The second-order valence-electron chi connectivity index (χ2n) is 5.97. The Morgan fingerprint density at radius 1 is 1.25 bits per heavy atom. The van der Waals surface area contributed by atoms with Crippen LogP contribution in [0.5, 0.6) is 0 Å². The molecule has 0 atom stereocenters. The largest absolute Gasteiger partial charge is 0.349 e. The van der Waals surface area contributed by atoms with Gasteiger partial charge in [0.25, 0.3) is 5.91 Å². The number of hydrogen-bond acceptors (Lipinski definition) is 2. The first-order valence-electron chi connectivity index (χ1n) is 7.44. The number of carbonyl (C=O) groups is 1. The fourth-order valence-electron chi connectivity index (χ4n) is 2.99. The first-order chi connectivity index (χ1) is 9.63. The molecule has 3 rings (SSSR count). The van der Waals surface area contributed by atoms with Crippen LogP contribution in [0.3, 0.4) is 0 Å². The molecule has 1 aliphatic heterocycles. The summed E-state index contributed by atoms with van der Waals surface area (Å²) >= 11 is 5.93. The first-order valence-corrected chi connectivity index (χ1v) is 7.82. The topological polar surface area (TPSA) is 32.3 Å². The Labute approximate surface area is 125 Å². The van der Waals surface area contributed by atoms with E-state index in [2.05, 4.69) is 10.2 Å².